The van der Waals surface area contributed by atoms with Crippen LogP contribution in [0.25, 0.3) is 0 Å². The zero-order valence-corrected chi connectivity index (χ0v) is 12.9. The fraction of sp³-hybridized carbons (Fsp3) is 0.375. The molecule has 0 radical (unpaired) electrons. The maximum absolute atomic E-state index is 13.4. The Labute approximate surface area is 125 Å². The van der Waals surface area contributed by atoms with Crippen LogP contribution in [0.15, 0.2) is 24.3 Å². The van der Waals surface area contributed by atoms with Gasteiger partial charge in [-0.1, -0.05) is 13.0 Å². The number of aromatic nitrogens is 2. The van der Waals surface area contributed by atoms with Gasteiger partial charge in [0.2, 0.25) is 0 Å². The van der Waals surface area contributed by atoms with Gasteiger partial charge >= 0.3 is 0 Å². The SMILES string of the molecule is CCNc1nc(CC)nc(N(C)c2cccc(F)c2)c1C. The van der Waals surface area contributed by atoms with Crippen molar-refractivity contribution >= 4 is 17.3 Å². The summed E-state index contributed by atoms with van der Waals surface area (Å²) in [5.41, 5.74) is 1.72. The first kappa shape index (κ1) is 15.2. The summed E-state index contributed by atoms with van der Waals surface area (Å²) in [6.07, 6.45) is 0.753. The zero-order chi connectivity index (χ0) is 15.4. The molecule has 5 heteroatoms. The van der Waals surface area contributed by atoms with E-state index in [-0.39, 0.29) is 5.82 Å². The third-order valence-electron chi connectivity index (χ3n) is 3.34. The summed E-state index contributed by atoms with van der Waals surface area (Å²) in [5, 5.41) is 3.26. The normalized spacial score (nSPS) is 10.5. The highest BCUT2D eigenvalue weighted by molar-refractivity contribution is 5.66. The van der Waals surface area contributed by atoms with E-state index in [0.29, 0.717) is 0 Å². The summed E-state index contributed by atoms with van der Waals surface area (Å²) < 4.78 is 13.4. The van der Waals surface area contributed by atoms with Gasteiger partial charge in [0, 0.05) is 31.3 Å². The third kappa shape index (κ3) is 3.29. The molecule has 21 heavy (non-hydrogen) atoms. The minimum atomic E-state index is -0.256. The lowest BCUT2D eigenvalue weighted by molar-refractivity contribution is 0.628. The van der Waals surface area contributed by atoms with Gasteiger partial charge < -0.3 is 10.2 Å². The Balaban J connectivity index is 2.48. The quantitative estimate of drug-likeness (QED) is 0.911. The molecule has 1 aromatic heterocycles. The zero-order valence-electron chi connectivity index (χ0n) is 12.9. The molecule has 0 saturated heterocycles. The highest BCUT2D eigenvalue weighted by atomic mass is 19.1. The van der Waals surface area contributed by atoms with Crippen LogP contribution in [0.4, 0.5) is 21.7 Å². The van der Waals surface area contributed by atoms with Gasteiger partial charge in [0.05, 0.1) is 0 Å². The van der Waals surface area contributed by atoms with Crippen molar-refractivity contribution in [2.75, 3.05) is 23.8 Å². The molecule has 0 aliphatic rings. The summed E-state index contributed by atoms with van der Waals surface area (Å²) in [5.74, 6) is 2.15. The van der Waals surface area contributed by atoms with Crippen molar-refractivity contribution < 1.29 is 4.39 Å². The van der Waals surface area contributed by atoms with E-state index in [1.165, 1.54) is 12.1 Å². The fourth-order valence-corrected chi connectivity index (χ4v) is 2.18. The fourth-order valence-electron chi connectivity index (χ4n) is 2.18. The number of hydrogen-bond acceptors (Lipinski definition) is 4. The molecule has 0 spiro atoms. The minimum absolute atomic E-state index is 0.256. The summed E-state index contributed by atoms with van der Waals surface area (Å²) in [6, 6.07) is 6.50. The number of halogens is 1. The molecule has 1 N–H and O–H groups in total. The Kier molecular flexibility index (Phi) is 4.73. The molecular formula is C16H21FN4. The lowest BCUT2D eigenvalue weighted by atomic mass is 10.2. The first-order valence-electron chi connectivity index (χ1n) is 7.17. The Morgan fingerprint density at radius 3 is 2.62 bits per heavy atom. The highest BCUT2D eigenvalue weighted by Gasteiger charge is 2.15. The number of nitrogens with zero attached hydrogens (tertiary/aromatic N) is 3. The number of benzene rings is 1. The smallest absolute Gasteiger partial charge is 0.141 e. The molecule has 0 amide bonds. The Hall–Kier alpha value is -2.17. The van der Waals surface area contributed by atoms with E-state index in [1.54, 1.807) is 6.07 Å². The number of nitrogens with one attached hydrogen (secondary N) is 1. The molecule has 112 valence electrons. The molecule has 0 aliphatic carbocycles. The monoisotopic (exact) mass is 288 g/mol. The molecular weight excluding hydrogens is 267 g/mol. The van der Waals surface area contributed by atoms with E-state index in [9.17, 15) is 4.39 Å². The molecule has 0 fully saturated rings. The maximum atomic E-state index is 13.4. The van der Waals surface area contributed by atoms with Crippen molar-refractivity contribution in [3.63, 3.8) is 0 Å². The van der Waals surface area contributed by atoms with Gasteiger partial charge in [-0.3, -0.25) is 0 Å². The molecule has 0 atom stereocenters. The predicted molar refractivity (Wildman–Crippen MR) is 84.8 cm³/mol. The summed E-state index contributed by atoms with van der Waals surface area (Å²) in [7, 11) is 1.89. The van der Waals surface area contributed by atoms with Crippen molar-refractivity contribution in [2.24, 2.45) is 0 Å². The van der Waals surface area contributed by atoms with Crippen molar-refractivity contribution in [1.29, 1.82) is 0 Å². The predicted octanol–water partition coefficient (Wildman–Crippen LogP) is 3.69. The largest absolute Gasteiger partial charge is 0.370 e. The van der Waals surface area contributed by atoms with Crippen LogP contribution in [0, 0.1) is 12.7 Å². The van der Waals surface area contributed by atoms with Crippen LogP contribution in [0.5, 0.6) is 0 Å². The summed E-state index contributed by atoms with van der Waals surface area (Å²) in [4.78, 5) is 11.0. The average Bonchev–Trinajstić information content (AvgIpc) is 2.49. The molecule has 1 heterocycles. The van der Waals surface area contributed by atoms with E-state index in [1.807, 2.05) is 38.8 Å². The van der Waals surface area contributed by atoms with Crippen LogP contribution in [-0.4, -0.2) is 23.6 Å². The Morgan fingerprint density at radius 1 is 1.24 bits per heavy atom. The second kappa shape index (κ2) is 6.52. The second-order valence-corrected chi connectivity index (χ2v) is 4.86. The van der Waals surface area contributed by atoms with E-state index < -0.39 is 0 Å². The van der Waals surface area contributed by atoms with Gasteiger partial charge in [0.15, 0.2) is 0 Å². The topological polar surface area (TPSA) is 41.1 Å². The molecule has 2 rings (SSSR count). The standard InChI is InChI=1S/C16H21FN4/c1-5-14-19-15(18-6-2)11(3)16(20-14)21(4)13-9-7-8-12(17)10-13/h7-10H,5-6H2,1-4H3,(H,18,19,20). The lowest BCUT2D eigenvalue weighted by Crippen LogP contribution is -2.16. The number of hydrogen-bond donors (Lipinski definition) is 1. The van der Waals surface area contributed by atoms with Crippen LogP contribution >= 0.6 is 0 Å². The van der Waals surface area contributed by atoms with Gasteiger partial charge in [-0.15, -0.1) is 0 Å². The molecule has 0 bridgehead atoms. The van der Waals surface area contributed by atoms with Crippen LogP contribution in [0.3, 0.4) is 0 Å². The first-order chi connectivity index (χ1) is 10.1. The number of rotatable bonds is 5. The van der Waals surface area contributed by atoms with Crippen LogP contribution in [0.1, 0.15) is 25.2 Å². The molecule has 0 unspecified atom stereocenters. The molecule has 0 saturated carbocycles. The van der Waals surface area contributed by atoms with Crippen molar-refractivity contribution in [1.82, 2.24) is 9.97 Å². The van der Waals surface area contributed by atoms with Crippen molar-refractivity contribution in [2.45, 2.75) is 27.2 Å². The molecule has 4 nitrogen and oxygen atoms in total. The summed E-state index contributed by atoms with van der Waals surface area (Å²) >= 11 is 0. The Morgan fingerprint density at radius 2 is 2.00 bits per heavy atom. The van der Waals surface area contributed by atoms with Crippen LogP contribution < -0.4 is 10.2 Å². The Bertz CT molecular complexity index is 628. The lowest BCUT2D eigenvalue weighted by Gasteiger charge is -2.22. The van der Waals surface area contributed by atoms with E-state index in [0.717, 1.165) is 41.7 Å². The van der Waals surface area contributed by atoms with Gasteiger partial charge in [0.1, 0.15) is 23.3 Å². The third-order valence-corrected chi connectivity index (χ3v) is 3.34. The van der Waals surface area contributed by atoms with Crippen molar-refractivity contribution in [3.8, 4) is 0 Å². The number of aryl methyl sites for hydroxylation is 1. The average molecular weight is 288 g/mol. The molecule has 0 aliphatic heterocycles. The molecule has 1 aromatic carbocycles. The highest BCUT2D eigenvalue weighted by Crippen LogP contribution is 2.28. The maximum Gasteiger partial charge on any atom is 0.141 e. The van der Waals surface area contributed by atoms with Crippen molar-refractivity contribution in [3.05, 3.63) is 41.5 Å². The van der Waals surface area contributed by atoms with Crippen LogP contribution in [0.2, 0.25) is 0 Å². The van der Waals surface area contributed by atoms with Gasteiger partial charge in [-0.25, -0.2) is 14.4 Å². The first-order valence-corrected chi connectivity index (χ1v) is 7.17. The van der Waals surface area contributed by atoms with E-state index >= 15 is 0 Å². The summed E-state index contributed by atoms with van der Waals surface area (Å²) in [6.45, 7) is 6.82. The van der Waals surface area contributed by atoms with Crippen LogP contribution in [-0.2, 0) is 6.42 Å². The van der Waals surface area contributed by atoms with Gasteiger partial charge in [-0.2, -0.15) is 0 Å². The number of anilines is 3. The van der Waals surface area contributed by atoms with Gasteiger partial charge in [-0.05, 0) is 32.0 Å². The van der Waals surface area contributed by atoms with Gasteiger partial charge in [0.25, 0.3) is 0 Å². The second-order valence-electron chi connectivity index (χ2n) is 4.86. The minimum Gasteiger partial charge on any atom is -0.370 e. The molecule has 2 aromatic rings. The van der Waals surface area contributed by atoms with E-state index in [2.05, 4.69) is 15.3 Å². The van der Waals surface area contributed by atoms with E-state index in [4.69, 9.17) is 0 Å².